The molecule has 1 fully saturated rings. The molecule has 2 amide bonds. The number of hydrogen-bond donors (Lipinski definition) is 1. The van der Waals surface area contributed by atoms with E-state index in [4.69, 9.17) is 27.9 Å². The van der Waals surface area contributed by atoms with Crippen molar-refractivity contribution in [1.82, 2.24) is 10.2 Å². The summed E-state index contributed by atoms with van der Waals surface area (Å²) in [6.07, 6.45) is 4.97. The molecule has 236 valence electrons. The van der Waals surface area contributed by atoms with E-state index in [0.717, 1.165) is 42.0 Å². The second kappa shape index (κ2) is 15.0. The Kier molecular flexibility index (Phi) is 11.6. The smallest absolute Gasteiger partial charge is 0.264 e. The van der Waals surface area contributed by atoms with Crippen molar-refractivity contribution in [2.75, 3.05) is 18.0 Å². The van der Waals surface area contributed by atoms with Crippen molar-refractivity contribution >= 4 is 66.7 Å². The van der Waals surface area contributed by atoms with Crippen LogP contribution in [0.15, 0.2) is 70.0 Å². The third kappa shape index (κ3) is 8.27. The first kappa shape index (κ1) is 34.1. The molecule has 1 saturated carbocycles. The average molecular weight is 726 g/mol. The van der Waals surface area contributed by atoms with Gasteiger partial charge in [0.15, 0.2) is 0 Å². The molecule has 0 saturated heterocycles. The lowest BCUT2D eigenvalue weighted by molar-refractivity contribution is -0.139. The van der Waals surface area contributed by atoms with Gasteiger partial charge in [-0.2, -0.15) is 0 Å². The van der Waals surface area contributed by atoms with E-state index in [2.05, 4.69) is 21.2 Å². The molecule has 1 unspecified atom stereocenters. The van der Waals surface area contributed by atoms with Gasteiger partial charge in [-0.05, 0) is 90.6 Å². The molecular formula is C32H36BrCl2N3O5S. The Morgan fingerprint density at radius 1 is 1.02 bits per heavy atom. The van der Waals surface area contributed by atoms with Crippen molar-refractivity contribution in [3.63, 3.8) is 0 Å². The summed E-state index contributed by atoms with van der Waals surface area (Å²) < 4.78 is 35.0. The van der Waals surface area contributed by atoms with Crippen molar-refractivity contribution in [3.8, 4) is 5.75 Å². The maximum absolute atomic E-state index is 14.2. The van der Waals surface area contributed by atoms with Crippen molar-refractivity contribution < 1.29 is 22.7 Å². The van der Waals surface area contributed by atoms with Gasteiger partial charge in [-0.15, -0.1) is 0 Å². The minimum Gasteiger partial charge on any atom is -0.496 e. The van der Waals surface area contributed by atoms with Gasteiger partial charge in [-0.25, -0.2) is 8.42 Å². The Bertz CT molecular complexity index is 1600. The first-order valence-electron chi connectivity index (χ1n) is 14.4. The fourth-order valence-corrected chi connectivity index (χ4v) is 7.76. The molecule has 1 aliphatic rings. The number of carbonyl (C=O) groups excluding carboxylic acids is 2. The molecule has 0 radical (unpaired) electrons. The Morgan fingerprint density at radius 3 is 2.32 bits per heavy atom. The van der Waals surface area contributed by atoms with Crippen LogP contribution in [0.1, 0.15) is 50.2 Å². The van der Waals surface area contributed by atoms with Gasteiger partial charge in [0.05, 0.1) is 22.2 Å². The number of nitrogens with zero attached hydrogens (tertiary/aromatic N) is 2. The Labute approximate surface area is 277 Å². The first-order chi connectivity index (χ1) is 20.9. The number of nitrogens with one attached hydrogen (secondary N) is 1. The van der Waals surface area contributed by atoms with E-state index < -0.39 is 28.5 Å². The van der Waals surface area contributed by atoms with E-state index in [1.807, 2.05) is 6.92 Å². The number of hydrogen-bond acceptors (Lipinski definition) is 5. The maximum Gasteiger partial charge on any atom is 0.264 e. The van der Waals surface area contributed by atoms with E-state index in [9.17, 15) is 18.0 Å². The fourth-order valence-electron chi connectivity index (χ4n) is 5.16. The summed E-state index contributed by atoms with van der Waals surface area (Å²) in [5, 5.41) is 3.86. The zero-order valence-electron chi connectivity index (χ0n) is 24.9. The van der Waals surface area contributed by atoms with Crippen LogP contribution >= 0.6 is 39.1 Å². The predicted octanol–water partition coefficient (Wildman–Crippen LogP) is 7.13. The molecule has 0 bridgehead atoms. The van der Waals surface area contributed by atoms with E-state index in [1.165, 1.54) is 24.1 Å². The molecule has 44 heavy (non-hydrogen) atoms. The van der Waals surface area contributed by atoms with Crippen LogP contribution in [0.25, 0.3) is 0 Å². The van der Waals surface area contributed by atoms with Crippen LogP contribution in [0.5, 0.6) is 5.75 Å². The molecule has 8 nitrogen and oxygen atoms in total. The predicted molar refractivity (Wildman–Crippen MR) is 178 cm³/mol. The second-order valence-corrected chi connectivity index (χ2v) is 14.5. The average Bonchev–Trinajstić information content (AvgIpc) is 3.00. The van der Waals surface area contributed by atoms with Crippen LogP contribution < -0.4 is 14.4 Å². The summed E-state index contributed by atoms with van der Waals surface area (Å²) in [6, 6.07) is 15.3. The Hall–Kier alpha value is -2.79. The van der Waals surface area contributed by atoms with Crippen LogP contribution in [0.4, 0.5) is 5.69 Å². The van der Waals surface area contributed by atoms with Gasteiger partial charge < -0.3 is 15.0 Å². The maximum atomic E-state index is 14.2. The molecule has 1 atom stereocenters. The van der Waals surface area contributed by atoms with Crippen molar-refractivity contribution in [1.29, 1.82) is 0 Å². The minimum atomic E-state index is -4.24. The first-order valence-corrected chi connectivity index (χ1v) is 17.4. The highest BCUT2D eigenvalue weighted by Gasteiger charge is 2.34. The number of anilines is 1. The molecule has 1 aliphatic carbocycles. The van der Waals surface area contributed by atoms with Crippen molar-refractivity contribution in [3.05, 3.63) is 86.3 Å². The summed E-state index contributed by atoms with van der Waals surface area (Å²) in [7, 11) is -2.76. The van der Waals surface area contributed by atoms with Crippen LogP contribution in [-0.4, -0.2) is 50.9 Å². The largest absolute Gasteiger partial charge is 0.496 e. The van der Waals surface area contributed by atoms with E-state index in [-0.39, 0.29) is 23.4 Å². The van der Waals surface area contributed by atoms with Gasteiger partial charge in [0.1, 0.15) is 18.3 Å². The number of aryl methyl sites for hydroxylation is 1. The number of sulfonamides is 1. The third-order valence-electron chi connectivity index (χ3n) is 7.79. The van der Waals surface area contributed by atoms with Crippen LogP contribution in [0.3, 0.4) is 0 Å². The van der Waals surface area contributed by atoms with Gasteiger partial charge in [0, 0.05) is 22.6 Å². The standard InChI is InChI=1S/C32H36BrCl2N3O5S/c1-21-9-13-26(14-10-21)38(44(41,42)27-15-16-30(43-3)28(33)18-27)20-31(39)37(19-23-11-12-24(34)17-29(23)35)22(2)32(40)36-25-7-5-4-6-8-25/h9-18,22,25H,4-8,19-20H2,1-3H3,(H,36,40). The number of amides is 2. The molecule has 0 heterocycles. The third-order valence-corrected chi connectivity index (χ3v) is 10.8. The zero-order valence-corrected chi connectivity index (χ0v) is 28.8. The molecule has 4 rings (SSSR count). The fraction of sp³-hybridized carbons (Fsp3) is 0.375. The zero-order chi connectivity index (χ0) is 32.0. The summed E-state index contributed by atoms with van der Waals surface area (Å²) in [6.45, 7) is 2.95. The van der Waals surface area contributed by atoms with E-state index >= 15 is 0 Å². The summed E-state index contributed by atoms with van der Waals surface area (Å²) in [5.41, 5.74) is 1.81. The highest BCUT2D eigenvalue weighted by molar-refractivity contribution is 9.10. The molecule has 3 aromatic rings. The van der Waals surface area contributed by atoms with Gasteiger partial charge >= 0.3 is 0 Å². The van der Waals surface area contributed by atoms with Gasteiger partial charge in [-0.1, -0.05) is 66.2 Å². The topological polar surface area (TPSA) is 96.0 Å². The van der Waals surface area contributed by atoms with Crippen molar-refractivity contribution in [2.45, 2.75) is 69.5 Å². The Morgan fingerprint density at radius 2 is 1.70 bits per heavy atom. The quantitative estimate of drug-likeness (QED) is 0.227. The molecular weight excluding hydrogens is 689 g/mol. The monoisotopic (exact) mass is 723 g/mol. The lowest BCUT2D eigenvalue weighted by Crippen LogP contribution is -2.53. The number of methoxy groups -OCH3 is 1. The molecule has 0 aromatic heterocycles. The Balaban J connectivity index is 1.71. The molecule has 0 spiro atoms. The van der Waals surface area contributed by atoms with Gasteiger partial charge in [0.25, 0.3) is 10.0 Å². The lowest BCUT2D eigenvalue weighted by Gasteiger charge is -2.33. The number of benzene rings is 3. The summed E-state index contributed by atoms with van der Waals surface area (Å²) in [5.74, 6) is -0.413. The number of carbonyl (C=O) groups is 2. The summed E-state index contributed by atoms with van der Waals surface area (Å²) >= 11 is 16.0. The SMILES string of the molecule is COc1ccc(S(=O)(=O)N(CC(=O)N(Cc2ccc(Cl)cc2Cl)C(C)C(=O)NC2CCCCC2)c2ccc(C)cc2)cc1Br. The van der Waals surface area contributed by atoms with Crippen LogP contribution in [0.2, 0.25) is 10.0 Å². The van der Waals surface area contributed by atoms with Gasteiger partial charge in [-0.3, -0.25) is 13.9 Å². The molecule has 1 N–H and O–H groups in total. The molecule has 3 aromatic carbocycles. The number of rotatable bonds is 11. The van der Waals surface area contributed by atoms with Gasteiger partial charge in [0.2, 0.25) is 11.8 Å². The molecule has 0 aliphatic heterocycles. The summed E-state index contributed by atoms with van der Waals surface area (Å²) in [4.78, 5) is 29.0. The number of halogens is 3. The van der Waals surface area contributed by atoms with Crippen molar-refractivity contribution in [2.24, 2.45) is 0 Å². The highest BCUT2D eigenvalue weighted by atomic mass is 79.9. The second-order valence-electron chi connectivity index (χ2n) is 10.9. The lowest BCUT2D eigenvalue weighted by atomic mass is 9.95. The highest BCUT2D eigenvalue weighted by Crippen LogP contribution is 2.31. The van der Waals surface area contributed by atoms with Crippen LogP contribution in [0, 0.1) is 6.92 Å². The number of ether oxygens (including phenoxy) is 1. The molecule has 12 heteroatoms. The normalized spacial score (nSPS) is 14.5. The van der Waals surface area contributed by atoms with E-state index in [0.29, 0.717) is 31.5 Å². The van der Waals surface area contributed by atoms with Crippen LogP contribution in [-0.2, 0) is 26.2 Å². The minimum absolute atomic E-state index is 0.0239. The van der Waals surface area contributed by atoms with E-state index in [1.54, 1.807) is 55.5 Å².